The summed E-state index contributed by atoms with van der Waals surface area (Å²) in [5.41, 5.74) is 0.846. The summed E-state index contributed by atoms with van der Waals surface area (Å²) in [6.45, 7) is 8.25. The number of sulfonamides is 1. The van der Waals surface area contributed by atoms with Crippen LogP contribution in [0.2, 0.25) is 5.02 Å². The molecule has 2 saturated heterocycles. The van der Waals surface area contributed by atoms with Gasteiger partial charge in [0.15, 0.2) is 0 Å². The lowest BCUT2D eigenvalue weighted by Gasteiger charge is -2.46. The molecule has 0 N–H and O–H groups in total. The molecular formula is C17H25ClN2O2S. The highest BCUT2D eigenvalue weighted by Crippen LogP contribution is 2.36. The average Bonchev–Trinajstić information content (AvgIpc) is 2.69. The standard InChI is InChI=1S/C17H25ClN2O2S/c1-17(2,3)19-10-15-7-8-16(11-19)20(15)23(21,22)12-13-5-4-6-14(18)9-13/h4-6,9,15-16H,7-8,10-12H2,1-3H3. The van der Waals surface area contributed by atoms with Crippen molar-refractivity contribution in [1.29, 1.82) is 0 Å². The molecule has 4 nitrogen and oxygen atoms in total. The van der Waals surface area contributed by atoms with Crippen LogP contribution in [0.3, 0.4) is 0 Å². The third-order valence-electron chi connectivity index (χ3n) is 4.92. The minimum absolute atomic E-state index is 0.0378. The van der Waals surface area contributed by atoms with Crippen LogP contribution in [0.1, 0.15) is 39.2 Å². The van der Waals surface area contributed by atoms with Gasteiger partial charge in [-0.05, 0) is 51.3 Å². The van der Waals surface area contributed by atoms with Crippen LogP contribution in [0, 0.1) is 0 Å². The number of likely N-dealkylation sites (tertiary alicyclic amines) is 1. The molecule has 1 aromatic carbocycles. The second-order valence-corrected chi connectivity index (χ2v) is 9.99. The van der Waals surface area contributed by atoms with Crippen LogP contribution in [0.4, 0.5) is 0 Å². The van der Waals surface area contributed by atoms with Gasteiger partial charge in [0.05, 0.1) is 5.75 Å². The van der Waals surface area contributed by atoms with Crippen LogP contribution >= 0.6 is 11.6 Å². The van der Waals surface area contributed by atoms with E-state index in [0.717, 1.165) is 31.5 Å². The van der Waals surface area contributed by atoms with E-state index in [1.807, 2.05) is 6.07 Å². The normalized spacial score (nSPS) is 26.6. The van der Waals surface area contributed by atoms with E-state index in [-0.39, 0.29) is 23.4 Å². The molecule has 2 atom stereocenters. The first-order chi connectivity index (χ1) is 10.7. The Bertz CT molecular complexity index is 670. The summed E-state index contributed by atoms with van der Waals surface area (Å²) in [4.78, 5) is 2.42. The maximum absolute atomic E-state index is 12.9. The second kappa shape index (κ2) is 6.03. The maximum atomic E-state index is 12.9. The van der Waals surface area contributed by atoms with E-state index in [0.29, 0.717) is 5.02 Å². The Balaban J connectivity index is 1.79. The molecule has 2 heterocycles. The highest BCUT2D eigenvalue weighted by molar-refractivity contribution is 7.88. The van der Waals surface area contributed by atoms with Crippen molar-refractivity contribution in [1.82, 2.24) is 9.21 Å². The molecule has 0 radical (unpaired) electrons. The third kappa shape index (κ3) is 3.58. The molecule has 0 spiro atoms. The van der Waals surface area contributed by atoms with Crippen LogP contribution in [0.25, 0.3) is 0 Å². The summed E-state index contributed by atoms with van der Waals surface area (Å²) in [6.07, 6.45) is 1.93. The minimum atomic E-state index is -3.31. The van der Waals surface area contributed by atoms with Crippen molar-refractivity contribution in [2.24, 2.45) is 0 Å². The van der Waals surface area contributed by atoms with Crippen LogP contribution in [0.5, 0.6) is 0 Å². The highest BCUT2D eigenvalue weighted by Gasteiger charge is 2.47. The minimum Gasteiger partial charge on any atom is -0.295 e. The largest absolute Gasteiger partial charge is 0.295 e. The molecule has 2 bridgehead atoms. The monoisotopic (exact) mass is 356 g/mol. The molecular weight excluding hydrogens is 332 g/mol. The van der Waals surface area contributed by atoms with Crippen molar-refractivity contribution in [2.45, 2.75) is 57.0 Å². The number of rotatable bonds is 3. The Kier molecular flexibility index (Phi) is 4.51. The summed E-state index contributed by atoms with van der Waals surface area (Å²) in [6, 6.07) is 7.36. The van der Waals surface area contributed by atoms with Gasteiger partial charge < -0.3 is 0 Å². The number of hydrogen-bond donors (Lipinski definition) is 0. The van der Waals surface area contributed by atoms with E-state index in [1.165, 1.54) is 0 Å². The van der Waals surface area contributed by atoms with Crippen molar-refractivity contribution in [3.63, 3.8) is 0 Å². The van der Waals surface area contributed by atoms with Gasteiger partial charge in [-0.15, -0.1) is 0 Å². The van der Waals surface area contributed by atoms with E-state index < -0.39 is 10.0 Å². The van der Waals surface area contributed by atoms with Gasteiger partial charge in [0.25, 0.3) is 0 Å². The lowest BCUT2D eigenvalue weighted by atomic mass is 10.0. The van der Waals surface area contributed by atoms with Crippen molar-refractivity contribution >= 4 is 21.6 Å². The van der Waals surface area contributed by atoms with Gasteiger partial charge in [0, 0.05) is 35.7 Å². The van der Waals surface area contributed by atoms with E-state index in [2.05, 4.69) is 25.7 Å². The Morgan fingerprint density at radius 3 is 2.30 bits per heavy atom. The first-order valence-electron chi connectivity index (χ1n) is 8.17. The fourth-order valence-corrected chi connectivity index (χ4v) is 5.99. The summed E-state index contributed by atoms with van der Waals surface area (Å²) in [5.74, 6) is 0.0378. The predicted molar refractivity (Wildman–Crippen MR) is 94.1 cm³/mol. The molecule has 0 amide bonds. The highest BCUT2D eigenvalue weighted by atomic mass is 35.5. The van der Waals surface area contributed by atoms with Crippen molar-refractivity contribution in [3.8, 4) is 0 Å². The number of fused-ring (bicyclic) bond motifs is 2. The van der Waals surface area contributed by atoms with Crippen molar-refractivity contribution < 1.29 is 8.42 Å². The summed E-state index contributed by atoms with van der Waals surface area (Å²) in [5, 5.41) is 0.582. The van der Waals surface area contributed by atoms with Gasteiger partial charge in [-0.25, -0.2) is 8.42 Å². The molecule has 0 aliphatic carbocycles. The lowest BCUT2D eigenvalue weighted by molar-refractivity contribution is 0.0546. The number of hydrogen-bond acceptors (Lipinski definition) is 3. The molecule has 0 aromatic heterocycles. The molecule has 2 unspecified atom stereocenters. The number of halogens is 1. The maximum Gasteiger partial charge on any atom is 0.218 e. The Morgan fingerprint density at radius 2 is 1.78 bits per heavy atom. The summed E-state index contributed by atoms with van der Waals surface area (Å²) < 4.78 is 27.7. The smallest absolute Gasteiger partial charge is 0.218 e. The van der Waals surface area contributed by atoms with Crippen molar-refractivity contribution in [3.05, 3.63) is 34.9 Å². The van der Waals surface area contributed by atoms with Gasteiger partial charge in [0.2, 0.25) is 10.0 Å². The second-order valence-electron chi connectivity index (χ2n) is 7.68. The Labute approximate surface area is 144 Å². The Morgan fingerprint density at radius 1 is 1.17 bits per heavy atom. The average molecular weight is 357 g/mol. The van der Waals surface area contributed by atoms with Crippen LogP contribution in [-0.2, 0) is 15.8 Å². The SMILES string of the molecule is CC(C)(C)N1CC2CCC(C1)N2S(=O)(=O)Cc1cccc(Cl)c1. The molecule has 1 aromatic rings. The van der Waals surface area contributed by atoms with Crippen molar-refractivity contribution in [2.75, 3.05) is 13.1 Å². The van der Waals surface area contributed by atoms with Gasteiger partial charge in [-0.1, -0.05) is 23.7 Å². The number of nitrogens with zero attached hydrogens (tertiary/aromatic N) is 2. The summed E-state index contributed by atoms with van der Waals surface area (Å²) >= 11 is 5.98. The van der Waals surface area contributed by atoms with Crippen LogP contribution < -0.4 is 0 Å². The topological polar surface area (TPSA) is 40.6 Å². The Hall–Kier alpha value is -0.620. The van der Waals surface area contributed by atoms with Gasteiger partial charge in [-0.3, -0.25) is 4.90 Å². The van der Waals surface area contributed by atoms with E-state index in [9.17, 15) is 8.42 Å². The molecule has 6 heteroatoms. The zero-order valence-corrected chi connectivity index (χ0v) is 15.6. The molecule has 0 saturated carbocycles. The first-order valence-corrected chi connectivity index (χ1v) is 10.2. The van der Waals surface area contributed by atoms with E-state index >= 15 is 0 Å². The summed E-state index contributed by atoms with van der Waals surface area (Å²) in [7, 11) is -3.31. The lowest BCUT2D eigenvalue weighted by Crippen LogP contribution is -2.60. The molecule has 23 heavy (non-hydrogen) atoms. The molecule has 2 aliphatic rings. The molecule has 2 aliphatic heterocycles. The fraction of sp³-hybridized carbons (Fsp3) is 0.647. The predicted octanol–water partition coefficient (Wildman–Crippen LogP) is 3.12. The molecule has 128 valence electrons. The first kappa shape index (κ1) is 17.2. The third-order valence-corrected chi connectivity index (χ3v) is 7.10. The van der Waals surface area contributed by atoms with Gasteiger partial charge >= 0.3 is 0 Å². The van der Waals surface area contributed by atoms with Gasteiger partial charge in [0.1, 0.15) is 0 Å². The van der Waals surface area contributed by atoms with Crippen LogP contribution in [0.15, 0.2) is 24.3 Å². The molecule has 2 fully saturated rings. The quantitative estimate of drug-likeness (QED) is 0.835. The van der Waals surface area contributed by atoms with E-state index in [4.69, 9.17) is 11.6 Å². The van der Waals surface area contributed by atoms with Gasteiger partial charge in [-0.2, -0.15) is 4.31 Å². The van der Waals surface area contributed by atoms with Crippen LogP contribution in [-0.4, -0.2) is 48.3 Å². The molecule has 3 rings (SSSR count). The number of benzene rings is 1. The number of piperazine rings is 1. The van der Waals surface area contributed by atoms with E-state index in [1.54, 1.807) is 22.5 Å². The zero-order valence-electron chi connectivity index (χ0n) is 14.0. The zero-order chi connectivity index (χ0) is 16.8. The fourth-order valence-electron chi connectivity index (χ4n) is 3.78.